The molecule has 0 saturated heterocycles. The molecule has 0 aromatic rings. The summed E-state index contributed by atoms with van der Waals surface area (Å²) < 4.78 is 0. The van der Waals surface area contributed by atoms with Crippen LogP contribution in [0.25, 0.3) is 0 Å². The molecule has 2 unspecified atom stereocenters. The zero-order valence-electron chi connectivity index (χ0n) is 10.3. The number of hydrogen-bond acceptors (Lipinski definition) is 2. The monoisotopic (exact) mass is 213 g/mol. The van der Waals surface area contributed by atoms with Gasteiger partial charge in [0.1, 0.15) is 0 Å². The fourth-order valence-corrected chi connectivity index (χ4v) is 2.62. The Morgan fingerprint density at radius 1 is 1.20 bits per heavy atom. The predicted molar refractivity (Wildman–Crippen MR) is 65.0 cm³/mol. The third-order valence-corrected chi connectivity index (χ3v) is 3.56. The van der Waals surface area contributed by atoms with E-state index in [1.165, 1.54) is 38.5 Å². The van der Waals surface area contributed by atoms with E-state index < -0.39 is 0 Å². The fourth-order valence-electron chi connectivity index (χ4n) is 2.62. The molecule has 1 saturated carbocycles. The van der Waals surface area contributed by atoms with E-state index in [0.717, 1.165) is 13.0 Å². The maximum Gasteiger partial charge on any atom is 0.0580 e. The van der Waals surface area contributed by atoms with E-state index in [0.29, 0.717) is 12.0 Å². The molecular weight excluding hydrogens is 186 g/mol. The Morgan fingerprint density at radius 3 is 2.33 bits per heavy atom. The van der Waals surface area contributed by atoms with Gasteiger partial charge in [-0.1, -0.05) is 33.1 Å². The SMILES string of the molecule is CCCC(CCC)NCC1CCCC1O. The van der Waals surface area contributed by atoms with Crippen molar-refractivity contribution >= 4 is 0 Å². The van der Waals surface area contributed by atoms with Gasteiger partial charge in [-0.3, -0.25) is 0 Å². The average Bonchev–Trinajstić information content (AvgIpc) is 2.61. The first-order chi connectivity index (χ1) is 7.27. The van der Waals surface area contributed by atoms with Gasteiger partial charge in [0.15, 0.2) is 0 Å². The van der Waals surface area contributed by atoms with Crippen LogP contribution >= 0.6 is 0 Å². The zero-order chi connectivity index (χ0) is 11.1. The molecule has 0 bridgehead atoms. The normalized spacial score (nSPS) is 26.4. The molecule has 2 nitrogen and oxygen atoms in total. The number of aliphatic hydroxyl groups excluding tert-OH is 1. The third-order valence-electron chi connectivity index (χ3n) is 3.56. The van der Waals surface area contributed by atoms with Gasteiger partial charge < -0.3 is 10.4 Å². The number of rotatable bonds is 7. The second-order valence-electron chi connectivity index (χ2n) is 4.94. The third kappa shape index (κ3) is 4.52. The molecule has 15 heavy (non-hydrogen) atoms. The highest BCUT2D eigenvalue weighted by molar-refractivity contribution is 4.79. The summed E-state index contributed by atoms with van der Waals surface area (Å²) in [4.78, 5) is 0. The van der Waals surface area contributed by atoms with Gasteiger partial charge >= 0.3 is 0 Å². The van der Waals surface area contributed by atoms with E-state index in [2.05, 4.69) is 19.2 Å². The lowest BCUT2D eigenvalue weighted by Gasteiger charge is -2.21. The molecule has 1 fully saturated rings. The molecule has 0 aromatic heterocycles. The molecule has 0 aliphatic heterocycles. The summed E-state index contributed by atoms with van der Waals surface area (Å²) >= 11 is 0. The molecule has 1 aliphatic carbocycles. The lowest BCUT2D eigenvalue weighted by molar-refractivity contribution is 0.129. The second-order valence-corrected chi connectivity index (χ2v) is 4.94. The second kappa shape index (κ2) is 7.24. The highest BCUT2D eigenvalue weighted by Crippen LogP contribution is 2.25. The minimum Gasteiger partial charge on any atom is -0.393 e. The molecular formula is C13H27NO. The standard InChI is InChI=1S/C13H27NO/c1-3-6-12(7-4-2)14-10-11-8-5-9-13(11)15/h11-15H,3-10H2,1-2H3. The van der Waals surface area contributed by atoms with Crippen LogP contribution in [0.2, 0.25) is 0 Å². The average molecular weight is 213 g/mol. The van der Waals surface area contributed by atoms with Crippen LogP contribution in [0.3, 0.4) is 0 Å². The summed E-state index contributed by atoms with van der Waals surface area (Å²) in [7, 11) is 0. The molecule has 2 atom stereocenters. The van der Waals surface area contributed by atoms with Gasteiger partial charge in [0, 0.05) is 12.6 Å². The molecule has 0 aromatic carbocycles. The van der Waals surface area contributed by atoms with Crippen LogP contribution in [0.4, 0.5) is 0 Å². The summed E-state index contributed by atoms with van der Waals surface area (Å²) in [5.74, 6) is 0.515. The zero-order valence-corrected chi connectivity index (χ0v) is 10.3. The number of nitrogens with one attached hydrogen (secondary N) is 1. The quantitative estimate of drug-likeness (QED) is 0.681. The largest absolute Gasteiger partial charge is 0.393 e. The van der Waals surface area contributed by atoms with Crippen LogP contribution in [0.5, 0.6) is 0 Å². The Morgan fingerprint density at radius 2 is 1.87 bits per heavy atom. The highest BCUT2D eigenvalue weighted by Gasteiger charge is 2.25. The van der Waals surface area contributed by atoms with Crippen molar-refractivity contribution in [3.63, 3.8) is 0 Å². The molecule has 0 heterocycles. The minimum absolute atomic E-state index is 0.0404. The van der Waals surface area contributed by atoms with Gasteiger partial charge in [0.05, 0.1) is 6.10 Å². The van der Waals surface area contributed by atoms with Gasteiger partial charge in [-0.05, 0) is 31.6 Å². The summed E-state index contributed by atoms with van der Waals surface area (Å²) in [6.07, 6.45) is 8.45. The van der Waals surface area contributed by atoms with Crippen molar-refractivity contribution < 1.29 is 5.11 Å². The minimum atomic E-state index is -0.0404. The van der Waals surface area contributed by atoms with E-state index in [1.54, 1.807) is 0 Å². The first kappa shape index (κ1) is 13.0. The molecule has 90 valence electrons. The lowest BCUT2D eigenvalue weighted by Crippen LogP contribution is -2.35. The van der Waals surface area contributed by atoms with Crippen molar-refractivity contribution in [3.05, 3.63) is 0 Å². The first-order valence-corrected chi connectivity index (χ1v) is 6.69. The smallest absolute Gasteiger partial charge is 0.0580 e. The molecule has 2 heteroatoms. The van der Waals surface area contributed by atoms with Crippen LogP contribution < -0.4 is 5.32 Å². The first-order valence-electron chi connectivity index (χ1n) is 6.69. The summed E-state index contributed by atoms with van der Waals surface area (Å²) in [5, 5.41) is 13.4. The van der Waals surface area contributed by atoms with Gasteiger partial charge in [-0.2, -0.15) is 0 Å². The van der Waals surface area contributed by atoms with Gasteiger partial charge in [0.2, 0.25) is 0 Å². The van der Waals surface area contributed by atoms with Gasteiger partial charge in [0.25, 0.3) is 0 Å². The van der Waals surface area contributed by atoms with Crippen molar-refractivity contribution in [2.75, 3.05) is 6.54 Å². The van der Waals surface area contributed by atoms with Crippen molar-refractivity contribution in [1.29, 1.82) is 0 Å². The van der Waals surface area contributed by atoms with E-state index >= 15 is 0 Å². The lowest BCUT2D eigenvalue weighted by atomic mass is 10.0. The van der Waals surface area contributed by atoms with Gasteiger partial charge in [-0.15, -0.1) is 0 Å². The Kier molecular flexibility index (Phi) is 6.26. The van der Waals surface area contributed by atoms with Crippen molar-refractivity contribution in [3.8, 4) is 0 Å². The molecule has 1 aliphatic rings. The fraction of sp³-hybridized carbons (Fsp3) is 1.00. The van der Waals surface area contributed by atoms with Crippen LogP contribution in [0.15, 0.2) is 0 Å². The van der Waals surface area contributed by atoms with E-state index in [1.807, 2.05) is 0 Å². The Bertz CT molecular complexity index is 155. The Balaban J connectivity index is 2.19. The topological polar surface area (TPSA) is 32.3 Å². The van der Waals surface area contributed by atoms with Crippen LogP contribution in [0, 0.1) is 5.92 Å². The maximum absolute atomic E-state index is 9.72. The van der Waals surface area contributed by atoms with Crippen LogP contribution in [0.1, 0.15) is 58.8 Å². The molecule has 0 radical (unpaired) electrons. The predicted octanol–water partition coefficient (Wildman–Crippen LogP) is 2.71. The van der Waals surface area contributed by atoms with Crippen molar-refractivity contribution in [2.45, 2.75) is 70.9 Å². The Hall–Kier alpha value is -0.0800. The molecule has 0 amide bonds. The van der Waals surface area contributed by atoms with Crippen molar-refractivity contribution in [1.82, 2.24) is 5.32 Å². The summed E-state index contributed by atoms with van der Waals surface area (Å²) in [6, 6.07) is 0.674. The van der Waals surface area contributed by atoms with Gasteiger partial charge in [-0.25, -0.2) is 0 Å². The Labute approximate surface area is 94.5 Å². The molecule has 1 rings (SSSR count). The summed E-state index contributed by atoms with van der Waals surface area (Å²) in [5.41, 5.74) is 0. The van der Waals surface area contributed by atoms with Crippen LogP contribution in [-0.2, 0) is 0 Å². The molecule has 2 N–H and O–H groups in total. The summed E-state index contributed by atoms with van der Waals surface area (Å²) in [6.45, 7) is 5.51. The highest BCUT2D eigenvalue weighted by atomic mass is 16.3. The number of hydrogen-bond donors (Lipinski definition) is 2. The number of aliphatic hydroxyl groups is 1. The van der Waals surface area contributed by atoms with E-state index in [9.17, 15) is 5.11 Å². The van der Waals surface area contributed by atoms with E-state index in [-0.39, 0.29) is 6.10 Å². The van der Waals surface area contributed by atoms with Crippen molar-refractivity contribution in [2.24, 2.45) is 5.92 Å². The van der Waals surface area contributed by atoms with E-state index in [4.69, 9.17) is 0 Å². The maximum atomic E-state index is 9.72. The van der Waals surface area contributed by atoms with Crippen LogP contribution in [-0.4, -0.2) is 23.8 Å². The molecule has 0 spiro atoms.